The summed E-state index contributed by atoms with van der Waals surface area (Å²) in [5, 5.41) is 0. The van der Waals surface area contributed by atoms with Crippen LogP contribution in [0.1, 0.15) is 124 Å². The first-order valence-electron chi connectivity index (χ1n) is 12.8. The van der Waals surface area contributed by atoms with Crippen LogP contribution in [0.2, 0.25) is 0 Å². The van der Waals surface area contributed by atoms with Crippen molar-refractivity contribution in [1.82, 2.24) is 0 Å². The Balaban J connectivity index is 4.59. The second-order valence-electron chi connectivity index (χ2n) is 9.22. The van der Waals surface area contributed by atoms with Gasteiger partial charge in [0.1, 0.15) is 19.8 Å². The van der Waals surface area contributed by atoms with Gasteiger partial charge in [0.2, 0.25) is 0 Å². The Morgan fingerprint density at radius 1 is 0.500 bits per heavy atom. The maximum atomic E-state index is 12.1. The molecule has 0 aromatic rings. The van der Waals surface area contributed by atoms with E-state index in [1.54, 1.807) is 0 Å². The molecule has 0 rings (SSSR count). The van der Waals surface area contributed by atoms with E-state index in [2.05, 4.69) is 20.8 Å². The molecular weight excluding hydrogens is 408 g/mol. The molecule has 0 aliphatic heterocycles. The van der Waals surface area contributed by atoms with Crippen molar-refractivity contribution >= 4 is 17.9 Å². The van der Waals surface area contributed by atoms with E-state index in [-0.39, 0.29) is 37.7 Å². The SMILES string of the molecule is CCCCCCC(=O)OCC(C)(COC(=O)CCCCCC)COC(=O)CCCCCC. The first-order valence-corrected chi connectivity index (χ1v) is 12.8. The van der Waals surface area contributed by atoms with Crippen LogP contribution in [0, 0.1) is 5.41 Å². The summed E-state index contributed by atoms with van der Waals surface area (Å²) in [5.74, 6) is -0.780. The number of hydrogen-bond acceptors (Lipinski definition) is 6. The van der Waals surface area contributed by atoms with E-state index in [0.717, 1.165) is 77.0 Å². The highest BCUT2D eigenvalue weighted by atomic mass is 16.6. The van der Waals surface area contributed by atoms with E-state index in [0.29, 0.717) is 19.3 Å². The van der Waals surface area contributed by atoms with Gasteiger partial charge in [-0.2, -0.15) is 0 Å². The zero-order valence-electron chi connectivity index (χ0n) is 21.2. The Labute approximate surface area is 196 Å². The summed E-state index contributed by atoms with van der Waals surface area (Å²) in [6.07, 6.45) is 13.2. The van der Waals surface area contributed by atoms with Gasteiger partial charge >= 0.3 is 17.9 Å². The quantitative estimate of drug-likeness (QED) is 0.111. The van der Waals surface area contributed by atoms with Gasteiger partial charge in [0.05, 0.1) is 5.41 Å². The number of hydrogen-bond donors (Lipinski definition) is 0. The molecule has 0 fully saturated rings. The summed E-state index contributed by atoms with van der Waals surface area (Å²) in [4.78, 5) is 36.3. The van der Waals surface area contributed by atoms with E-state index in [1.165, 1.54) is 0 Å². The highest BCUT2D eigenvalue weighted by Gasteiger charge is 2.30. The topological polar surface area (TPSA) is 78.9 Å². The molecule has 0 aliphatic rings. The fourth-order valence-electron chi connectivity index (χ4n) is 3.19. The van der Waals surface area contributed by atoms with Gasteiger partial charge in [-0.1, -0.05) is 78.6 Å². The van der Waals surface area contributed by atoms with Crippen molar-refractivity contribution < 1.29 is 28.6 Å². The van der Waals surface area contributed by atoms with Gasteiger partial charge in [0, 0.05) is 19.3 Å². The lowest BCUT2D eigenvalue weighted by Crippen LogP contribution is -2.37. The smallest absolute Gasteiger partial charge is 0.305 e. The standard InChI is InChI=1S/C26H48O6/c1-5-8-11-14-17-23(27)30-20-26(4,21-31-24(28)18-15-12-9-6-2)22-32-25(29)19-16-13-10-7-3/h5-22H2,1-4H3. The van der Waals surface area contributed by atoms with Crippen molar-refractivity contribution in [2.24, 2.45) is 5.41 Å². The number of rotatable bonds is 21. The molecule has 6 heteroatoms. The Bertz CT molecular complexity index is 433. The van der Waals surface area contributed by atoms with Crippen molar-refractivity contribution in [3.05, 3.63) is 0 Å². The van der Waals surface area contributed by atoms with E-state index >= 15 is 0 Å². The van der Waals surface area contributed by atoms with Crippen LogP contribution in [0.25, 0.3) is 0 Å². The van der Waals surface area contributed by atoms with E-state index < -0.39 is 5.41 Å². The van der Waals surface area contributed by atoms with Crippen LogP contribution in [0.15, 0.2) is 0 Å². The zero-order valence-corrected chi connectivity index (χ0v) is 21.2. The van der Waals surface area contributed by atoms with Crippen molar-refractivity contribution in [3.8, 4) is 0 Å². The lowest BCUT2D eigenvalue weighted by molar-refractivity contribution is -0.160. The molecule has 0 spiro atoms. The Morgan fingerprint density at radius 3 is 1.03 bits per heavy atom. The molecule has 0 amide bonds. The van der Waals surface area contributed by atoms with Crippen LogP contribution < -0.4 is 0 Å². The second-order valence-corrected chi connectivity index (χ2v) is 9.22. The van der Waals surface area contributed by atoms with Gasteiger partial charge < -0.3 is 14.2 Å². The molecular formula is C26H48O6. The predicted octanol–water partition coefficient (Wildman–Crippen LogP) is 6.53. The summed E-state index contributed by atoms with van der Waals surface area (Å²) in [5.41, 5.74) is -0.753. The van der Waals surface area contributed by atoms with Gasteiger partial charge in [0.25, 0.3) is 0 Å². The summed E-state index contributed by atoms with van der Waals surface area (Å²) in [6, 6.07) is 0. The minimum Gasteiger partial charge on any atom is -0.465 e. The zero-order chi connectivity index (χ0) is 24.1. The molecule has 0 atom stereocenters. The second kappa shape index (κ2) is 20.0. The molecule has 0 aromatic carbocycles. The van der Waals surface area contributed by atoms with Gasteiger partial charge in [-0.15, -0.1) is 0 Å². The van der Waals surface area contributed by atoms with Gasteiger partial charge in [-0.05, 0) is 26.2 Å². The fraction of sp³-hybridized carbons (Fsp3) is 0.885. The number of unbranched alkanes of at least 4 members (excludes halogenated alkanes) is 9. The molecule has 0 aromatic heterocycles. The normalized spacial score (nSPS) is 11.2. The van der Waals surface area contributed by atoms with Crippen LogP contribution >= 0.6 is 0 Å². The molecule has 0 radical (unpaired) electrons. The molecule has 0 N–H and O–H groups in total. The lowest BCUT2D eigenvalue weighted by Gasteiger charge is -2.28. The number of ether oxygens (including phenoxy) is 3. The molecule has 32 heavy (non-hydrogen) atoms. The lowest BCUT2D eigenvalue weighted by atomic mass is 9.94. The van der Waals surface area contributed by atoms with Crippen LogP contribution in [0.3, 0.4) is 0 Å². The molecule has 0 unspecified atom stereocenters. The van der Waals surface area contributed by atoms with Crippen molar-refractivity contribution in [1.29, 1.82) is 0 Å². The van der Waals surface area contributed by atoms with Gasteiger partial charge in [0.15, 0.2) is 0 Å². The third-order valence-corrected chi connectivity index (χ3v) is 5.45. The Morgan fingerprint density at radius 2 is 0.781 bits per heavy atom. The molecule has 0 saturated carbocycles. The Hall–Kier alpha value is -1.59. The summed E-state index contributed by atoms with van der Waals surface area (Å²) in [6.45, 7) is 8.38. The third-order valence-electron chi connectivity index (χ3n) is 5.45. The van der Waals surface area contributed by atoms with Crippen LogP contribution in [-0.2, 0) is 28.6 Å². The minimum absolute atomic E-state index is 0.0613. The molecule has 6 nitrogen and oxygen atoms in total. The summed E-state index contributed by atoms with van der Waals surface area (Å²) < 4.78 is 16.4. The summed E-state index contributed by atoms with van der Waals surface area (Å²) >= 11 is 0. The highest BCUT2D eigenvalue weighted by molar-refractivity contribution is 5.70. The van der Waals surface area contributed by atoms with E-state index in [9.17, 15) is 14.4 Å². The molecule has 0 aliphatic carbocycles. The average Bonchev–Trinajstić information content (AvgIpc) is 2.78. The van der Waals surface area contributed by atoms with Crippen molar-refractivity contribution in [3.63, 3.8) is 0 Å². The monoisotopic (exact) mass is 456 g/mol. The largest absolute Gasteiger partial charge is 0.465 e. The van der Waals surface area contributed by atoms with Crippen molar-refractivity contribution in [2.75, 3.05) is 19.8 Å². The van der Waals surface area contributed by atoms with E-state index in [4.69, 9.17) is 14.2 Å². The predicted molar refractivity (Wildman–Crippen MR) is 127 cm³/mol. The molecule has 0 bridgehead atoms. The maximum Gasteiger partial charge on any atom is 0.305 e. The third kappa shape index (κ3) is 18.0. The average molecular weight is 457 g/mol. The molecule has 0 heterocycles. The van der Waals surface area contributed by atoms with Crippen LogP contribution in [0.4, 0.5) is 0 Å². The first kappa shape index (κ1) is 30.4. The fourth-order valence-corrected chi connectivity index (χ4v) is 3.19. The molecule has 188 valence electrons. The minimum atomic E-state index is -0.753. The number of carbonyl (C=O) groups is 3. The van der Waals surface area contributed by atoms with Crippen LogP contribution in [-0.4, -0.2) is 37.7 Å². The maximum absolute atomic E-state index is 12.1. The highest BCUT2D eigenvalue weighted by Crippen LogP contribution is 2.21. The summed E-state index contributed by atoms with van der Waals surface area (Å²) in [7, 11) is 0. The van der Waals surface area contributed by atoms with Crippen molar-refractivity contribution in [2.45, 2.75) is 124 Å². The first-order chi connectivity index (χ1) is 15.4. The van der Waals surface area contributed by atoms with Crippen LogP contribution in [0.5, 0.6) is 0 Å². The number of carbonyl (C=O) groups excluding carboxylic acids is 3. The molecule has 0 saturated heterocycles. The van der Waals surface area contributed by atoms with Gasteiger partial charge in [-0.25, -0.2) is 0 Å². The Kier molecular flexibility index (Phi) is 19.1. The van der Waals surface area contributed by atoms with E-state index in [1.807, 2.05) is 6.92 Å². The van der Waals surface area contributed by atoms with Gasteiger partial charge in [-0.3, -0.25) is 14.4 Å². The number of esters is 3.